The van der Waals surface area contributed by atoms with E-state index < -0.39 is 0 Å². The molecular formula is C14H27NO2. The predicted molar refractivity (Wildman–Crippen MR) is 70.0 cm³/mol. The molecule has 0 heterocycles. The summed E-state index contributed by atoms with van der Waals surface area (Å²) >= 11 is 0. The Morgan fingerprint density at radius 2 is 1.82 bits per heavy atom. The van der Waals surface area contributed by atoms with Gasteiger partial charge in [0.25, 0.3) is 0 Å². The number of nitrogens with zero attached hydrogens (tertiary/aromatic N) is 1. The lowest BCUT2D eigenvalue weighted by Crippen LogP contribution is -2.44. The van der Waals surface area contributed by atoms with E-state index >= 15 is 0 Å². The zero-order valence-electron chi connectivity index (χ0n) is 11.8. The maximum atomic E-state index is 12.1. The number of ether oxygens (including phenoxy) is 1. The van der Waals surface area contributed by atoms with Gasteiger partial charge >= 0.3 is 0 Å². The molecule has 1 fully saturated rings. The zero-order valence-corrected chi connectivity index (χ0v) is 11.8. The number of rotatable bonds is 4. The van der Waals surface area contributed by atoms with Crippen LogP contribution in [0.15, 0.2) is 0 Å². The lowest BCUT2D eigenvalue weighted by molar-refractivity contribution is -0.143. The van der Waals surface area contributed by atoms with Crippen LogP contribution in [0.2, 0.25) is 0 Å². The van der Waals surface area contributed by atoms with Gasteiger partial charge in [-0.05, 0) is 40.5 Å². The monoisotopic (exact) mass is 241 g/mol. The molecule has 0 bridgehead atoms. The van der Waals surface area contributed by atoms with E-state index in [9.17, 15) is 4.79 Å². The molecule has 0 aromatic carbocycles. The van der Waals surface area contributed by atoms with Gasteiger partial charge in [0.2, 0.25) is 5.91 Å². The molecule has 0 aromatic rings. The summed E-state index contributed by atoms with van der Waals surface area (Å²) in [6.07, 6.45) is 6.16. The van der Waals surface area contributed by atoms with Crippen LogP contribution in [0.4, 0.5) is 0 Å². The average molecular weight is 241 g/mol. The molecule has 1 saturated carbocycles. The summed E-state index contributed by atoms with van der Waals surface area (Å²) in [7, 11) is 0. The van der Waals surface area contributed by atoms with E-state index in [1.54, 1.807) is 0 Å². The highest BCUT2D eigenvalue weighted by molar-refractivity contribution is 5.77. The second-order valence-corrected chi connectivity index (χ2v) is 5.87. The molecule has 17 heavy (non-hydrogen) atoms. The molecule has 0 radical (unpaired) electrons. The van der Waals surface area contributed by atoms with Gasteiger partial charge < -0.3 is 9.64 Å². The van der Waals surface area contributed by atoms with Crippen LogP contribution in [0, 0.1) is 0 Å². The molecule has 0 aliphatic heterocycles. The first-order chi connectivity index (χ1) is 7.94. The van der Waals surface area contributed by atoms with Gasteiger partial charge in [-0.3, -0.25) is 4.79 Å². The van der Waals surface area contributed by atoms with E-state index in [-0.39, 0.29) is 18.1 Å². The highest BCUT2D eigenvalue weighted by Gasteiger charge is 2.25. The highest BCUT2D eigenvalue weighted by atomic mass is 16.5. The third-order valence-electron chi connectivity index (χ3n) is 3.31. The number of carbonyl (C=O) groups excluding carboxylic acids is 1. The summed E-state index contributed by atoms with van der Waals surface area (Å²) in [6.45, 7) is 9.03. The third kappa shape index (κ3) is 5.07. The molecule has 1 aliphatic carbocycles. The van der Waals surface area contributed by atoms with Crippen LogP contribution in [-0.4, -0.2) is 35.6 Å². The van der Waals surface area contributed by atoms with E-state index in [2.05, 4.69) is 6.92 Å². The summed E-state index contributed by atoms with van der Waals surface area (Å²) < 4.78 is 5.57. The Morgan fingerprint density at radius 1 is 1.24 bits per heavy atom. The summed E-state index contributed by atoms with van der Waals surface area (Å²) in [5, 5.41) is 0. The first-order valence-corrected chi connectivity index (χ1v) is 6.87. The predicted octanol–water partition coefficient (Wildman–Crippen LogP) is 2.98. The smallest absolute Gasteiger partial charge is 0.248 e. The minimum Gasteiger partial charge on any atom is -0.366 e. The molecule has 1 aliphatic rings. The van der Waals surface area contributed by atoms with Gasteiger partial charge in [0.05, 0.1) is 5.60 Å². The van der Waals surface area contributed by atoms with Crippen LogP contribution in [-0.2, 0) is 9.53 Å². The van der Waals surface area contributed by atoms with Gasteiger partial charge in [0.1, 0.15) is 6.61 Å². The fraction of sp³-hybridized carbons (Fsp3) is 0.929. The van der Waals surface area contributed by atoms with Crippen molar-refractivity contribution >= 4 is 5.91 Å². The van der Waals surface area contributed by atoms with E-state index in [0.717, 1.165) is 19.4 Å². The van der Waals surface area contributed by atoms with Crippen LogP contribution in [0.1, 0.15) is 59.8 Å². The molecule has 0 aromatic heterocycles. The number of hydrogen-bond donors (Lipinski definition) is 0. The van der Waals surface area contributed by atoms with Gasteiger partial charge in [0.15, 0.2) is 0 Å². The fourth-order valence-electron chi connectivity index (χ4n) is 2.39. The average Bonchev–Trinajstić information content (AvgIpc) is 2.28. The molecule has 0 unspecified atom stereocenters. The Balaban J connectivity index is 2.45. The van der Waals surface area contributed by atoms with E-state index in [0.29, 0.717) is 6.04 Å². The van der Waals surface area contributed by atoms with Crippen molar-refractivity contribution in [1.29, 1.82) is 0 Å². The fourth-order valence-corrected chi connectivity index (χ4v) is 2.39. The minimum atomic E-state index is -0.234. The summed E-state index contributed by atoms with van der Waals surface area (Å²) in [5.41, 5.74) is -0.234. The Kier molecular flexibility index (Phi) is 5.44. The maximum absolute atomic E-state index is 12.1. The summed E-state index contributed by atoms with van der Waals surface area (Å²) in [4.78, 5) is 14.1. The lowest BCUT2D eigenvalue weighted by Gasteiger charge is -2.34. The van der Waals surface area contributed by atoms with Crippen LogP contribution in [0.3, 0.4) is 0 Å². The van der Waals surface area contributed by atoms with Crippen LogP contribution >= 0.6 is 0 Å². The van der Waals surface area contributed by atoms with Crippen LogP contribution in [0.5, 0.6) is 0 Å². The van der Waals surface area contributed by atoms with Crippen molar-refractivity contribution in [2.75, 3.05) is 13.2 Å². The molecule has 3 heteroatoms. The Morgan fingerprint density at radius 3 is 2.29 bits per heavy atom. The molecule has 0 atom stereocenters. The van der Waals surface area contributed by atoms with Gasteiger partial charge in [-0.15, -0.1) is 0 Å². The molecule has 1 amide bonds. The SMILES string of the molecule is CCN(C(=O)COC(C)(C)C)C1CCCCC1. The van der Waals surface area contributed by atoms with Crippen molar-refractivity contribution in [3.63, 3.8) is 0 Å². The topological polar surface area (TPSA) is 29.5 Å². The Hall–Kier alpha value is -0.570. The van der Waals surface area contributed by atoms with Gasteiger partial charge in [-0.2, -0.15) is 0 Å². The van der Waals surface area contributed by atoms with E-state index in [1.165, 1.54) is 19.3 Å². The molecule has 100 valence electrons. The second kappa shape index (κ2) is 6.39. The maximum Gasteiger partial charge on any atom is 0.248 e. The van der Waals surface area contributed by atoms with Crippen molar-refractivity contribution in [2.45, 2.75) is 71.4 Å². The van der Waals surface area contributed by atoms with Crippen molar-refractivity contribution in [3.8, 4) is 0 Å². The molecule has 0 spiro atoms. The van der Waals surface area contributed by atoms with Gasteiger partial charge in [-0.25, -0.2) is 0 Å². The largest absolute Gasteiger partial charge is 0.366 e. The molecule has 3 nitrogen and oxygen atoms in total. The van der Waals surface area contributed by atoms with Gasteiger partial charge in [-0.1, -0.05) is 19.3 Å². The second-order valence-electron chi connectivity index (χ2n) is 5.87. The normalized spacial score (nSPS) is 18.1. The Bertz CT molecular complexity index is 239. The third-order valence-corrected chi connectivity index (χ3v) is 3.31. The van der Waals surface area contributed by atoms with Crippen molar-refractivity contribution < 1.29 is 9.53 Å². The van der Waals surface area contributed by atoms with E-state index in [1.807, 2.05) is 25.7 Å². The van der Waals surface area contributed by atoms with Crippen LogP contribution in [0.25, 0.3) is 0 Å². The zero-order chi connectivity index (χ0) is 12.9. The summed E-state index contributed by atoms with van der Waals surface area (Å²) in [5.74, 6) is 0.148. The highest BCUT2D eigenvalue weighted by Crippen LogP contribution is 2.22. The number of hydrogen-bond acceptors (Lipinski definition) is 2. The lowest BCUT2D eigenvalue weighted by atomic mass is 9.94. The molecule has 0 saturated heterocycles. The quantitative estimate of drug-likeness (QED) is 0.757. The van der Waals surface area contributed by atoms with Gasteiger partial charge in [0, 0.05) is 12.6 Å². The molecular weight excluding hydrogens is 214 g/mol. The first kappa shape index (κ1) is 14.5. The number of likely N-dealkylation sites (N-methyl/N-ethyl adjacent to an activating group) is 1. The molecule has 1 rings (SSSR count). The van der Waals surface area contributed by atoms with E-state index in [4.69, 9.17) is 4.74 Å². The van der Waals surface area contributed by atoms with Crippen molar-refractivity contribution in [3.05, 3.63) is 0 Å². The number of carbonyl (C=O) groups is 1. The van der Waals surface area contributed by atoms with Crippen molar-refractivity contribution in [2.24, 2.45) is 0 Å². The minimum absolute atomic E-state index is 0.148. The van der Waals surface area contributed by atoms with Crippen molar-refractivity contribution in [1.82, 2.24) is 4.90 Å². The molecule has 0 N–H and O–H groups in total. The first-order valence-electron chi connectivity index (χ1n) is 6.87. The standard InChI is InChI=1S/C14H27NO2/c1-5-15(12-9-7-6-8-10-12)13(16)11-17-14(2,3)4/h12H,5-11H2,1-4H3. The summed E-state index contributed by atoms with van der Waals surface area (Å²) in [6, 6.07) is 0.449. The number of amides is 1. The Labute approximate surface area is 106 Å². The van der Waals surface area contributed by atoms with Crippen LogP contribution < -0.4 is 0 Å².